The molecular formula is C22H28N6O6. The fourth-order valence-electron chi connectivity index (χ4n) is 3.26. The number of aromatic hydroxyl groups is 3. The molecule has 1 amide bonds. The molecule has 0 unspecified atom stereocenters. The quantitative estimate of drug-likeness (QED) is 0.0941. The second kappa shape index (κ2) is 12.0. The number of fused-ring (bicyclic) bond motifs is 2. The van der Waals surface area contributed by atoms with E-state index in [0.717, 1.165) is 6.07 Å². The zero-order chi connectivity index (χ0) is 24.5. The van der Waals surface area contributed by atoms with E-state index >= 15 is 0 Å². The SMILES string of the molecule is O=C(NCCNCCO)c1ccc(O)c2nc3c(C=NCCNCCO)c(O)cc(O)c3nc12. The van der Waals surface area contributed by atoms with Gasteiger partial charge in [-0.05, 0) is 12.1 Å². The zero-order valence-electron chi connectivity index (χ0n) is 18.5. The topological polar surface area (TPSA) is 192 Å². The van der Waals surface area contributed by atoms with Crippen molar-refractivity contribution in [1.82, 2.24) is 25.9 Å². The second-order valence-corrected chi connectivity index (χ2v) is 7.32. The average molecular weight is 473 g/mol. The number of nitrogens with zero attached hydrogens (tertiary/aromatic N) is 3. The van der Waals surface area contributed by atoms with Gasteiger partial charge >= 0.3 is 0 Å². The Balaban J connectivity index is 1.97. The lowest BCUT2D eigenvalue weighted by Crippen LogP contribution is -2.33. The number of aromatic nitrogens is 2. The average Bonchev–Trinajstić information content (AvgIpc) is 2.82. The third-order valence-corrected chi connectivity index (χ3v) is 4.90. The molecule has 1 aromatic heterocycles. The summed E-state index contributed by atoms with van der Waals surface area (Å²) >= 11 is 0. The van der Waals surface area contributed by atoms with Gasteiger partial charge in [-0.1, -0.05) is 0 Å². The third-order valence-electron chi connectivity index (χ3n) is 4.90. The molecule has 8 N–H and O–H groups in total. The van der Waals surface area contributed by atoms with Gasteiger partial charge in [0.2, 0.25) is 0 Å². The number of aliphatic hydroxyl groups is 2. The van der Waals surface area contributed by atoms with E-state index in [1.807, 2.05) is 0 Å². The maximum absolute atomic E-state index is 12.7. The monoisotopic (exact) mass is 472 g/mol. The summed E-state index contributed by atoms with van der Waals surface area (Å²) in [6.45, 7) is 2.49. The molecule has 3 aromatic rings. The van der Waals surface area contributed by atoms with Gasteiger partial charge in [-0.2, -0.15) is 0 Å². The first kappa shape index (κ1) is 25.1. The van der Waals surface area contributed by atoms with Crippen molar-refractivity contribution < 1.29 is 30.3 Å². The van der Waals surface area contributed by atoms with Gasteiger partial charge in [0, 0.05) is 45.0 Å². The first-order valence-electron chi connectivity index (χ1n) is 10.8. The van der Waals surface area contributed by atoms with Crippen molar-refractivity contribution >= 4 is 34.2 Å². The first-order valence-corrected chi connectivity index (χ1v) is 10.8. The van der Waals surface area contributed by atoms with Crippen LogP contribution in [0.2, 0.25) is 0 Å². The van der Waals surface area contributed by atoms with Crippen LogP contribution in [0.3, 0.4) is 0 Å². The van der Waals surface area contributed by atoms with Crippen molar-refractivity contribution in [2.45, 2.75) is 0 Å². The van der Waals surface area contributed by atoms with Crippen molar-refractivity contribution in [3.63, 3.8) is 0 Å². The molecule has 0 saturated heterocycles. The number of aliphatic hydroxyl groups excluding tert-OH is 2. The fourth-order valence-corrected chi connectivity index (χ4v) is 3.26. The Morgan fingerprint density at radius 1 is 0.824 bits per heavy atom. The molecule has 2 aromatic carbocycles. The molecule has 0 fully saturated rings. The number of hydrogen-bond donors (Lipinski definition) is 8. The number of nitrogens with one attached hydrogen (secondary N) is 3. The summed E-state index contributed by atoms with van der Waals surface area (Å²) in [5.74, 6) is -1.27. The van der Waals surface area contributed by atoms with Crippen LogP contribution < -0.4 is 16.0 Å². The van der Waals surface area contributed by atoms with Gasteiger partial charge in [0.15, 0.2) is 0 Å². The molecule has 0 aliphatic rings. The molecule has 12 heteroatoms. The van der Waals surface area contributed by atoms with Gasteiger partial charge in [-0.15, -0.1) is 0 Å². The number of hydrogen-bond acceptors (Lipinski definition) is 11. The van der Waals surface area contributed by atoms with Gasteiger partial charge in [0.1, 0.15) is 39.3 Å². The van der Waals surface area contributed by atoms with Crippen LogP contribution in [0.25, 0.3) is 22.1 Å². The van der Waals surface area contributed by atoms with Crippen LogP contribution >= 0.6 is 0 Å². The molecule has 0 atom stereocenters. The van der Waals surface area contributed by atoms with Crippen LogP contribution in [-0.2, 0) is 0 Å². The number of phenolic OH excluding ortho intramolecular Hbond substituents is 3. The molecular weight excluding hydrogens is 444 g/mol. The summed E-state index contributed by atoms with van der Waals surface area (Å²) in [5, 5.41) is 57.4. The molecule has 0 aliphatic carbocycles. The highest BCUT2D eigenvalue weighted by molar-refractivity contribution is 6.09. The van der Waals surface area contributed by atoms with E-state index in [0.29, 0.717) is 39.3 Å². The van der Waals surface area contributed by atoms with Crippen molar-refractivity contribution in [1.29, 1.82) is 0 Å². The number of carbonyl (C=O) groups is 1. The Morgan fingerprint density at radius 2 is 1.50 bits per heavy atom. The Bertz CT molecular complexity index is 1190. The highest BCUT2D eigenvalue weighted by Crippen LogP contribution is 2.35. The van der Waals surface area contributed by atoms with E-state index in [4.69, 9.17) is 10.2 Å². The predicted octanol–water partition coefficient (Wildman–Crippen LogP) is -0.788. The van der Waals surface area contributed by atoms with E-state index in [1.54, 1.807) is 0 Å². The number of aliphatic imine (C=N–C) groups is 1. The lowest BCUT2D eigenvalue weighted by atomic mass is 10.1. The second-order valence-electron chi connectivity index (χ2n) is 7.32. The van der Waals surface area contributed by atoms with Crippen molar-refractivity contribution in [2.75, 3.05) is 52.5 Å². The lowest BCUT2D eigenvalue weighted by Gasteiger charge is -2.12. The number of phenols is 3. The summed E-state index contributed by atoms with van der Waals surface area (Å²) in [7, 11) is 0. The van der Waals surface area contributed by atoms with Gasteiger partial charge in [-0.25, -0.2) is 9.97 Å². The van der Waals surface area contributed by atoms with Crippen LogP contribution in [0.4, 0.5) is 0 Å². The lowest BCUT2D eigenvalue weighted by molar-refractivity contribution is 0.0955. The normalized spacial score (nSPS) is 11.6. The van der Waals surface area contributed by atoms with Crippen LogP contribution in [0.1, 0.15) is 15.9 Å². The zero-order valence-corrected chi connectivity index (χ0v) is 18.5. The van der Waals surface area contributed by atoms with Crippen LogP contribution in [0, 0.1) is 0 Å². The van der Waals surface area contributed by atoms with Gasteiger partial charge in [-0.3, -0.25) is 9.79 Å². The molecule has 3 rings (SSSR count). The molecule has 0 bridgehead atoms. The Hall–Kier alpha value is -3.58. The maximum Gasteiger partial charge on any atom is 0.253 e. The van der Waals surface area contributed by atoms with Crippen LogP contribution in [0.5, 0.6) is 17.2 Å². The van der Waals surface area contributed by atoms with E-state index in [2.05, 4.69) is 30.9 Å². The third kappa shape index (κ3) is 5.85. The Morgan fingerprint density at radius 3 is 2.24 bits per heavy atom. The summed E-state index contributed by atoms with van der Waals surface area (Å²) in [6.07, 6.45) is 1.39. The largest absolute Gasteiger partial charge is 0.507 e. The van der Waals surface area contributed by atoms with E-state index < -0.39 is 5.91 Å². The minimum Gasteiger partial charge on any atom is -0.507 e. The number of carbonyl (C=O) groups excluding carboxylic acids is 1. The number of amides is 1. The van der Waals surface area contributed by atoms with E-state index in [9.17, 15) is 20.1 Å². The molecule has 12 nitrogen and oxygen atoms in total. The predicted molar refractivity (Wildman–Crippen MR) is 127 cm³/mol. The fraction of sp³-hybridized carbons (Fsp3) is 0.364. The first-order chi connectivity index (χ1) is 16.5. The highest BCUT2D eigenvalue weighted by Gasteiger charge is 2.19. The highest BCUT2D eigenvalue weighted by atomic mass is 16.3. The molecule has 0 radical (unpaired) electrons. The summed E-state index contributed by atoms with van der Waals surface area (Å²) < 4.78 is 0. The summed E-state index contributed by atoms with van der Waals surface area (Å²) in [5.41, 5.74) is 0.622. The Labute approximate surface area is 195 Å². The minimum atomic E-state index is -0.445. The van der Waals surface area contributed by atoms with Gasteiger partial charge in [0.05, 0.1) is 30.9 Å². The summed E-state index contributed by atoms with van der Waals surface area (Å²) in [4.78, 5) is 25.7. The van der Waals surface area contributed by atoms with Crippen molar-refractivity contribution in [2.24, 2.45) is 4.99 Å². The molecule has 0 spiro atoms. The molecule has 0 saturated carbocycles. The molecule has 182 valence electrons. The number of rotatable bonds is 12. The van der Waals surface area contributed by atoms with Gasteiger partial charge < -0.3 is 41.5 Å². The smallest absolute Gasteiger partial charge is 0.253 e. The van der Waals surface area contributed by atoms with Crippen molar-refractivity contribution in [3.8, 4) is 17.2 Å². The van der Waals surface area contributed by atoms with Gasteiger partial charge in [0.25, 0.3) is 5.91 Å². The van der Waals surface area contributed by atoms with Crippen LogP contribution in [0.15, 0.2) is 23.2 Å². The van der Waals surface area contributed by atoms with Crippen molar-refractivity contribution in [3.05, 3.63) is 29.3 Å². The molecule has 1 heterocycles. The van der Waals surface area contributed by atoms with Crippen LogP contribution in [-0.4, -0.2) is 100 Å². The molecule has 34 heavy (non-hydrogen) atoms. The number of benzene rings is 2. The Kier molecular flexibility index (Phi) is 8.87. The molecule has 0 aliphatic heterocycles. The maximum atomic E-state index is 12.7. The van der Waals surface area contributed by atoms with E-state index in [-0.39, 0.29) is 63.7 Å². The standard InChI is InChI=1S/C22H28N6O6/c29-9-7-23-3-4-25-12-14-16(32)11-17(33)21-19(14)28-20-15(31)2-1-13(18(20)27-21)22(34)26-6-5-24-8-10-30/h1-2,11-12,23-24,29-33H,3-10H2,(H,26,34). The summed E-state index contributed by atoms with van der Waals surface area (Å²) in [6, 6.07) is 3.85. The minimum absolute atomic E-state index is 0.00838. The van der Waals surface area contributed by atoms with E-state index in [1.165, 1.54) is 18.3 Å².